The van der Waals surface area contributed by atoms with Crippen LogP contribution in [0.1, 0.15) is 13.8 Å². The van der Waals surface area contributed by atoms with Crippen molar-refractivity contribution in [1.29, 1.82) is 0 Å². The molecule has 0 unspecified atom stereocenters. The van der Waals surface area contributed by atoms with Crippen LogP contribution in [0.2, 0.25) is 0 Å². The van der Waals surface area contributed by atoms with Gasteiger partial charge in [0.25, 0.3) is 0 Å². The third-order valence-electron chi connectivity index (χ3n) is 0.332. The molecule has 0 amide bonds. The van der Waals surface area contributed by atoms with Crippen LogP contribution in [0.4, 0.5) is 0 Å². The molecular weight excluding hydrogens is 215 g/mol. The molecule has 0 aromatic heterocycles. The Hall–Kier alpha value is 0.750. The van der Waals surface area contributed by atoms with Crippen molar-refractivity contribution in [3.05, 3.63) is 0 Å². The van der Waals surface area contributed by atoms with Crippen LogP contribution in [0.15, 0.2) is 0 Å². The van der Waals surface area contributed by atoms with Gasteiger partial charge in [-0.2, -0.15) is 8.42 Å². The van der Waals surface area contributed by atoms with E-state index < -0.39 is 10.4 Å². The molecule has 78 valence electrons. The Kier molecular flexibility index (Phi) is 19.0. The second kappa shape index (κ2) is 12.8. The molecule has 13 heavy (non-hydrogen) atoms. The van der Waals surface area contributed by atoms with Crippen molar-refractivity contribution in [2.24, 2.45) is 0 Å². The summed E-state index contributed by atoms with van der Waals surface area (Å²) in [7, 11) is -4.67. The van der Waals surface area contributed by atoms with Gasteiger partial charge in [-0.15, -0.1) is 0 Å². The van der Waals surface area contributed by atoms with E-state index in [9.17, 15) is 0 Å². The Labute approximate surface area is 99.1 Å². The predicted molar refractivity (Wildman–Crippen MR) is 45.7 cm³/mol. The van der Waals surface area contributed by atoms with Crippen LogP contribution in [0.3, 0.4) is 0 Å². The molecule has 0 atom stereocenters. The summed E-state index contributed by atoms with van der Waals surface area (Å²) >= 11 is 0. The van der Waals surface area contributed by atoms with Crippen molar-refractivity contribution >= 4 is 40.0 Å². The molecule has 7 nitrogen and oxygen atoms in total. The summed E-state index contributed by atoms with van der Waals surface area (Å²) < 4.78 is 31.6. The van der Waals surface area contributed by atoms with Gasteiger partial charge >= 0.3 is 40.0 Å². The van der Waals surface area contributed by atoms with Crippen molar-refractivity contribution in [3.8, 4) is 0 Å². The van der Waals surface area contributed by atoms with Crippen molar-refractivity contribution in [1.82, 2.24) is 0 Å². The zero-order valence-corrected chi connectivity index (χ0v) is 7.57. The molecule has 0 spiro atoms. The summed E-state index contributed by atoms with van der Waals surface area (Å²) in [5, 5.41) is 4.13. The van der Waals surface area contributed by atoms with Crippen molar-refractivity contribution in [3.63, 3.8) is 0 Å². The fourth-order valence-corrected chi connectivity index (χ4v) is 0.130. The molecule has 0 saturated heterocycles. The summed E-state index contributed by atoms with van der Waals surface area (Å²) in [4.78, 5) is 8.70. The molecule has 0 aromatic rings. The quantitative estimate of drug-likeness (QED) is 0.222. The molecule has 0 bridgehead atoms. The molecule has 9 heteroatoms. The molecule has 0 fully saturated rings. The minimum absolute atomic E-state index is 0. The van der Waals surface area contributed by atoms with Crippen LogP contribution in [-0.4, -0.2) is 60.3 Å². The Balaban J connectivity index is -0.000000150. The van der Waals surface area contributed by atoms with Crippen LogP contribution < -0.4 is 0 Å². The van der Waals surface area contributed by atoms with Gasteiger partial charge in [-0.25, -0.2) is 9.78 Å². The van der Waals surface area contributed by atoms with E-state index in [0.717, 1.165) is 0 Å². The first-order chi connectivity index (χ1) is 5.41. The zero-order valence-electron chi connectivity index (χ0n) is 6.76. The van der Waals surface area contributed by atoms with Crippen molar-refractivity contribution in [2.75, 3.05) is 13.2 Å². The van der Waals surface area contributed by atoms with Gasteiger partial charge in [0.15, 0.2) is 0 Å². The summed E-state index contributed by atoms with van der Waals surface area (Å²) in [5.41, 5.74) is 0. The molecule has 2 N–H and O–H groups in total. The normalized spacial score (nSPS) is 9.54. The third kappa shape index (κ3) is 65.3. The Morgan fingerprint density at radius 2 is 1.31 bits per heavy atom. The molecule has 0 aliphatic carbocycles. The van der Waals surface area contributed by atoms with Crippen LogP contribution in [-0.2, 0) is 25.2 Å². The summed E-state index contributed by atoms with van der Waals surface area (Å²) in [6, 6.07) is 0. The topological polar surface area (TPSA) is 102 Å². The maximum absolute atomic E-state index is 8.74. The summed E-state index contributed by atoms with van der Waals surface area (Å²) in [6.07, 6.45) is 0. The molecule has 0 heterocycles. The monoisotopic (exact) mass is 228 g/mol. The summed E-state index contributed by atoms with van der Waals surface area (Å²) in [5.74, 6) is 0. The van der Waals surface area contributed by atoms with E-state index in [1.807, 2.05) is 13.8 Å². The zero-order chi connectivity index (χ0) is 10.0. The first kappa shape index (κ1) is 19.3. The van der Waals surface area contributed by atoms with E-state index in [4.69, 9.17) is 17.5 Å². The van der Waals surface area contributed by atoms with E-state index in [0.29, 0.717) is 13.2 Å². The average Bonchev–Trinajstić information content (AvgIpc) is 1.85. The number of rotatable bonds is 4. The maximum atomic E-state index is 8.74. The molecule has 0 radical (unpaired) electrons. The standard InChI is InChI=1S/C4H10O3.Na.H2O4S.H/c1-3-5-7-6-4-2;;1-5(2,3)4;/h3-4H2,1-2H3;;(H2,1,2,3,4);. The van der Waals surface area contributed by atoms with Crippen molar-refractivity contribution < 1.29 is 32.3 Å². The molecule has 0 aliphatic heterocycles. The second-order valence-electron chi connectivity index (χ2n) is 1.33. The van der Waals surface area contributed by atoms with Crippen LogP contribution in [0, 0.1) is 0 Å². The SMILES string of the molecule is CCOOOCC.O=S(=O)(O)O.[NaH]. The van der Waals surface area contributed by atoms with Gasteiger partial charge in [-0.05, 0) is 13.8 Å². The first-order valence-corrected chi connectivity index (χ1v) is 4.42. The van der Waals surface area contributed by atoms with Crippen molar-refractivity contribution in [2.45, 2.75) is 13.8 Å². The van der Waals surface area contributed by atoms with Gasteiger partial charge in [0.2, 0.25) is 0 Å². The van der Waals surface area contributed by atoms with Gasteiger partial charge in [-0.3, -0.25) is 9.11 Å². The van der Waals surface area contributed by atoms with Crippen LogP contribution in [0.25, 0.3) is 0 Å². The van der Waals surface area contributed by atoms with Gasteiger partial charge in [-0.1, -0.05) is 5.04 Å². The Morgan fingerprint density at radius 3 is 1.46 bits per heavy atom. The van der Waals surface area contributed by atoms with E-state index in [1.165, 1.54) is 0 Å². The number of hydrogen-bond acceptors (Lipinski definition) is 5. The molecular formula is C4H13NaO7S. The first-order valence-electron chi connectivity index (χ1n) is 3.02. The van der Waals surface area contributed by atoms with E-state index in [-0.39, 0.29) is 29.6 Å². The predicted octanol–water partition coefficient (Wildman–Crippen LogP) is -0.395. The molecule has 0 rings (SSSR count). The average molecular weight is 228 g/mol. The molecule has 0 saturated carbocycles. The van der Waals surface area contributed by atoms with E-state index in [2.05, 4.69) is 14.8 Å². The Morgan fingerprint density at radius 1 is 1.08 bits per heavy atom. The van der Waals surface area contributed by atoms with Gasteiger partial charge in [0.05, 0.1) is 13.2 Å². The fraction of sp³-hybridized carbons (Fsp3) is 1.00. The van der Waals surface area contributed by atoms with Crippen LogP contribution in [0.5, 0.6) is 0 Å². The van der Waals surface area contributed by atoms with Crippen LogP contribution >= 0.6 is 0 Å². The van der Waals surface area contributed by atoms with Gasteiger partial charge < -0.3 is 0 Å². The minimum atomic E-state index is -4.67. The Bertz CT molecular complexity index is 155. The second-order valence-corrected chi connectivity index (χ2v) is 2.22. The van der Waals surface area contributed by atoms with E-state index >= 15 is 0 Å². The third-order valence-corrected chi connectivity index (χ3v) is 0.332. The number of hydrogen-bond donors (Lipinski definition) is 2. The molecule has 0 aliphatic rings. The fourth-order valence-electron chi connectivity index (χ4n) is 0.130. The van der Waals surface area contributed by atoms with E-state index in [1.54, 1.807) is 0 Å². The van der Waals surface area contributed by atoms with Gasteiger partial charge in [0.1, 0.15) is 0 Å². The van der Waals surface area contributed by atoms with Gasteiger partial charge in [0, 0.05) is 0 Å². The summed E-state index contributed by atoms with van der Waals surface area (Å²) in [6.45, 7) is 4.66. The molecule has 0 aromatic carbocycles.